The highest BCUT2D eigenvalue weighted by Gasteiger charge is 2.15. The summed E-state index contributed by atoms with van der Waals surface area (Å²) >= 11 is 0. The maximum absolute atomic E-state index is 12.6. The number of nitrogens with one attached hydrogen (secondary N) is 1. The fraction of sp³-hybridized carbons (Fsp3) is 0.174. The lowest BCUT2D eigenvalue weighted by atomic mass is 10.2. The number of rotatable bonds is 8. The molecule has 0 fully saturated rings. The number of ether oxygens (including phenoxy) is 3. The second-order valence-corrected chi connectivity index (χ2v) is 6.35. The Labute approximate surface area is 170 Å². The Morgan fingerprint density at radius 3 is 2.31 bits per heavy atom. The van der Waals surface area contributed by atoms with E-state index in [1.54, 1.807) is 32.4 Å². The zero-order valence-corrected chi connectivity index (χ0v) is 16.7. The van der Waals surface area contributed by atoms with Crippen LogP contribution in [0, 0.1) is 0 Å². The number of amides is 1. The average Bonchev–Trinajstić information content (AvgIpc) is 2.74. The molecule has 0 aliphatic rings. The molecule has 0 radical (unpaired) electrons. The van der Waals surface area contributed by atoms with Gasteiger partial charge < -0.3 is 24.4 Å². The number of hydrogen-bond donors (Lipinski definition) is 1. The molecule has 3 rings (SSSR count). The van der Waals surface area contributed by atoms with E-state index < -0.39 is 0 Å². The van der Waals surface area contributed by atoms with Crippen LogP contribution in [-0.2, 0) is 4.79 Å². The first kappa shape index (κ1) is 20.1. The normalized spacial score (nSPS) is 10.2. The van der Waals surface area contributed by atoms with Gasteiger partial charge in [-0.15, -0.1) is 0 Å². The van der Waals surface area contributed by atoms with Crippen LogP contribution in [0.2, 0.25) is 0 Å². The quantitative estimate of drug-likeness (QED) is 0.608. The molecular weight excluding hydrogens is 368 g/mol. The van der Waals surface area contributed by atoms with Crippen molar-refractivity contribution in [3.63, 3.8) is 0 Å². The van der Waals surface area contributed by atoms with Crippen LogP contribution in [0.25, 0.3) is 0 Å². The first-order valence-electron chi connectivity index (χ1n) is 9.15. The molecule has 1 N–H and O–H groups in total. The largest absolute Gasteiger partial charge is 0.497 e. The van der Waals surface area contributed by atoms with Crippen LogP contribution in [0.4, 0.5) is 11.4 Å². The van der Waals surface area contributed by atoms with Gasteiger partial charge in [0.25, 0.3) is 0 Å². The Morgan fingerprint density at radius 1 is 0.862 bits per heavy atom. The van der Waals surface area contributed by atoms with E-state index in [4.69, 9.17) is 14.2 Å². The van der Waals surface area contributed by atoms with E-state index in [1.807, 2.05) is 66.5 Å². The van der Waals surface area contributed by atoms with Crippen LogP contribution in [-0.4, -0.2) is 33.7 Å². The summed E-state index contributed by atoms with van der Waals surface area (Å²) in [6, 6.07) is 22.4. The molecule has 0 spiro atoms. The molecule has 0 unspecified atom stereocenters. The van der Waals surface area contributed by atoms with E-state index in [0.29, 0.717) is 22.9 Å². The first-order valence-corrected chi connectivity index (χ1v) is 9.15. The van der Waals surface area contributed by atoms with E-state index in [1.165, 1.54) is 0 Å². The molecule has 0 saturated heterocycles. The Morgan fingerprint density at radius 2 is 1.59 bits per heavy atom. The minimum absolute atomic E-state index is 0.134. The summed E-state index contributed by atoms with van der Waals surface area (Å²) in [6.45, 7) is 0.134. The summed E-state index contributed by atoms with van der Waals surface area (Å²) < 4.78 is 16.5. The highest BCUT2D eigenvalue weighted by Crippen LogP contribution is 2.32. The van der Waals surface area contributed by atoms with E-state index >= 15 is 0 Å². The summed E-state index contributed by atoms with van der Waals surface area (Å²) in [7, 11) is 4.97. The minimum atomic E-state index is -0.187. The van der Waals surface area contributed by atoms with Gasteiger partial charge in [-0.25, -0.2) is 0 Å². The molecular formula is C23H24N2O4. The number of carbonyl (C=O) groups excluding carboxylic acids is 1. The third-order valence-electron chi connectivity index (χ3n) is 4.31. The standard InChI is InChI=1S/C23H24N2O4/c1-25(16-23(26)24-19-15-18(27-2)13-14-21(19)28-3)20-11-7-8-12-22(20)29-17-9-5-4-6-10-17/h4-15H,16H2,1-3H3,(H,24,26). The second kappa shape index (κ2) is 9.50. The average molecular weight is 392 g/mol. The molecule has 1 amide bonds. The maximum Gasteiger partial charge on any atom is 0.243 e. The van der Waals surface area contributed by atoms with E-state index in [-0.39, 0.29) is 12.5 Å². The van der Waals surface area contributed by atoms with Crippen LogP contribution < -0.4 is 24.4 Å². The molecule has 0 bridgehead atoms. The number of benzene rings is 3. The van der Waals surface area contributed by atoms with Gasteiger partial charge in [0.05, 0.1) is 32.1 Å². The van der Waals surface area contributed by atoms with E-state index in [9.17, 15) is 4.79 Å². The van der Waals surface area contributed by atoms with Crippen LogP contribution in [0.3, 0.4) is 0 Å². The lowest BCUT2D eigenvalue weighted by Gasteiger charge is -2.22. The number of para-hydroxylation sites is 3. The summed E-state index contributed by atoms with van der Waals surface area (Å²) in [5, 5.41) is 2.88. The van der Waals surface area contributed by atoms with Gasteiger partial charge in [0.1, 0.15) is 17.2 Å². The second-order valence-electron chi connectivity index (χ2n) is 6.35. The van der Waals surface area contributed by atoms with Gasteiger partial charge in [0.2, 0.25) is 5.91 Å². The molecule has 0 aliphatic heterocycles. The third-order valence-corrected chi connectivity index (χ3v) is 4.31. The summed E-state index contributed by atoms with van der Waals surface area (Å²) in [6.07, 6.45) is 0. The van der Waals surface area contributed by atoms with Gasteiger partial charge in [-0.3, -0.25) is 4.79 Å². The number of hydrogen-bond acceptors (Lipinski definition) is 5. The van der Waals surface area contributed by atoms with Crippen molar-refractivity contribution in [2.75, 3.05) is 38.0 Å². The Bertz CT molecular complexity index is 960. The Hall–Kier alpha value is -3.67. The van der Waals surface area contributed by atoms with Crippen molar-refractivity contribution in [2.45, 2.75) is 0 Å². The predicted molar refractivity (Wildman–Crippen MR) is 114 cm³/mol. The van der Waals surface area contributed by atoms with Crippen LogP contribution >= 0.6 is 0 Å². The van der Waals surface area contributed by atoms with Gasteiger partial charge in [0, 0.05) is 13.1 Å². The molecule has 3 aromatic carbocycles. The third kappa shape index (κ3) is 5.19. The van der Waals surface area contributed by atoms with Crippen molar-refractivity contribution < 1.29 is 19.0 Å². The highest BCUT2D eigenvalue weighted by molar-refractivity contribution is 5.95. The molecule has 0 saturated carbocycles. The lowest BCUT2D eigenvalue weighted by molar-refractivity contribution is -0.114. The van der Waals surface area contributed by atoms with Crippen LogP contribution in [0.5, 0.6) is 23.0 Å². The van der Waals surface area contributed by atoms with Crippen molar-refractivity contribution in [1.29, 1.82) is 0 Å². The molecule has 150 valence electrons. The van der Waals surface area contributed by atoms with Crippen molar-refractivity contribution in [1.82, 2.24) is 0 Å². The smallest absolute Gasteiger partial charge is 0.243 e. The van der Waals surface area contributed by atoms with Crippen molar-refractivity contribution in [2.24, 2.45) is 0 Å². The summed E-state index contributed by atoms with van der Waals surface area (Å²) in [4.78, 5) is 14.5. The molecule has 0 aliphatic carbocycles. The molecule has 29 heavy (non-hydrogen) atoms. The van der Waals surface area contributed by atoms with Gasteiger partial charge in [-0.05, 0) is 36.4 Å². The van der Waals surface area contributed by atoms with Crippen LogP contribution in [0.1, 0.15) is 0 Å². The minimum Gasteiger partial charge on any atom is -0.497 e. The maximum atomic E-state index is 12.6. The van der Waals surface area contributed by atoms with E-state index in [0.717, 1.165) is 11.4 Å². The molecule has 0 atom stereocenters. The summed E-state index contributed by atoms with van der Waals surface area (Å²) in [5.41, 5.74) is 1.36. The number of nitrogens with zero attached hydrogens (tertiary/aromatic N) is 1. The zero-order chi connectivity index (χ0) is 20.6. The Balaban J connectivity index is 1.72. The highest BCUT2D eigenvalue weighted by atomic mass is 16.5. The fourth-order valence-corrected chi connectivity index (χ4v) is 2.88. The van der Waals surface area contributed by atoms with Crippen LogP contribution in [0.15, 0.2) is 72.8 Å². The summed E-state index contributed by atoms with van der Waals surface area (Å²) in [5.74, 6) is 2.42. The zero-order valence-electron chi connectivity index (χ0n) is 16.7. The number of methoxy groups -OCH3 is 2. The van der Waals surface area contributed by atoms with Gasteiger partial charge >= 0.3 is 0 Å². The molecule has 0 aromatic heterocycles. The predicted octanol–water partition coefficient (Wildman–Crippen LogP) is 4.57. The fourth-order valence-electron chi connectivity index (χ4n) is 2.88. The lowest BCUT2D eigenvalue weighted by Crippen LogP contribution is -2.30. The van der Waals surface area contributed by atoms with Crippen molar-refractivity contribution in [3.8, 4) is 23.0 Å². The van der Waals surface area contributed by atoms with Gasteiger partial charge in [-0.2, -0.15) is 0 Å². The number of anilines is 2. The van der Waals surface area contributed by atoms with E-state index in [2.05, 4.69) is 5.32 Å². The topological polar surface area (TPSA) is 60.0 Å². The Kier molecular flexibility index (Phi) is 6.58. The van der Waals surface area contributed by atoms with Gasteiger partial charge in [-0.1, -0.05) is 30.3 Å². The number of carbonyl (C=O) groups is 1. The number of likely N-dealkylation sites (N-methyl/N-ethyl adjacent to an activating group) is 1. The van der Waals surface area contributed by atoms with Crippen molar-refractivity contribution >= 4 is 17.3 Å². The molecule has 6 nitrogen and oxygen atoms in total. The molecule has 6 heteroatoms. The molecule has 3 aromatic rings. The SMILES string of the molecule is COc1ccc(OC)c(NC(=O)CN(C)c2ccccc2Oc2ccccc2)c1. The molecule has 0 heterocycles. The van der Waals surface area contributed by atoms with Crippen molar-refractivity contribution in [3.05, 3.63) is 72.8 Å². The monoisotopic (exact) mass is 392 g/mol. The first-order chi connectivity index (χ1) is 14.1. The van der Waals surface area contributed by atoms with Gasteiger partial charge in [0.15, 0.2) is 5.75 Å².